The zero-order valence-electron chi connectivity index (χ0n) is 9.43. The Bertz CT molecular complexity index is 478. The molecule has 5 heteroatoms. The molecule has 1 saturated heterocycles. The largest absolute Gasteiger partial charge is 0.377 e. The molecule has 0 bridgehead atoms. The molecule has 1 fully saturated rings. The second-order valence-corrected chi connectivity index (χ2v) is 6.80. The van der Waals surface area contributed by atoms with Crippen LogP contribution < -0.4 is 0 Å². The van der Waals surface area contributed by atoms with Gasteiger partial charge < -0.3 is 4.74 Å². The lowest BCUT2D eigenvalue weighted by Crippen LogP contribution is -2.21. The minimum Gasteiger partial charge on any atom is -0.377 e. The van der Waals surface area contributed by atoms with Gasteiger partial charge in [0.2, 0.25) is 0 Å². The van der Waals surface area contributed by atoms with Crippen LogP contribution >= 0.6 is 11.6 Å². The Kier molecular flexibility index (Phi) is 4.07. The van der Waals surface area contributed by atoms with Crippen LogP contribution in [-0.2, 0) is 20.3 Å². The molecule has 17 heavy (non-hydrogen) atoms. The standard InChI is InChI=1S/C12H15ClO3S/c13-12-6-2-1-4-10(12)8-17(14,15)9-11-5-3-7-16-11/h1-2,4,6,11H,3,5,7-9H2. The van der Waals surface area contributed by atoms with Crippen molar-refractivity contribution in [3.63, 3.8) is 0 Å². The summed E-state index contributed by atoms with van der Waals surface area (Å²) in [6, 6.07) is 7.04. The van der Waals surface area contributed by atoms with E-state index in [9.17, 15) is 8.42 Å². The highest BCUT2D eigenvalue weighted by molar-refractivity contribution is 7.90. The fourth-order valence-corrected chi connectivity index (χ4v) is 3.92. The lowest BCUT2D eigenvalue weighted by molar-refractivity contribution is 0.127. The summed E-state index contributed by atoms with van der Waals surface area (Å²) < 4.78 is 29.3. The van der Waals surface area contributed by atoms with Crippen LogP contribution in [0.4, 0.5) is 0 Å². The number of sulfone groups is 1. The van der Waals surface area contributed by atoms with Gasteiger partial charge in [0.1, 0.15) is 0 Å². The molecular formula is C12H15ClO3S. The van der Waals surface area contributed by atoms with E-state index in [0.717, 1.165) is 12.8 Å². The van der Waals surface area contributed by atoms with E-state index in [1.54, 1.807) is 24.3 Å². The SMILES string of the molecule is O=S(=O)(Cc1ccccc1Cl)CC1CCCO1. The minimum absolute atomic E-state index is 0.00741. The van der Waals surface area contributed by atoms with Gasteiger partial charge in [0.05, 0.1) is 17.6 Å². The molecule has 0 spiro atoms. The molecule has 3 nitrogen and oxygen atoms in total. The maximum atomic E-state index is 12.0. The molecule has 1 aromatic carbocycles. The van der Waals surface area contributed by atoms with Crippen LogP contribution in [0.15, 0.2) is 24.3 Å². The van der Waals surface area contributed by atoms with E-state index in [-0.39, 0.29) is 17.6 Å². The summed E-state index contributed by atoms with van der Waals surface area (Å²) in [6.45, 7) is 0.673. The fourth-order valence-electron chi connectivity index (χ4n) is 1.97. The highest BCUT2D eigenvalue weighted by Gasteiger charge is 2.24. The summed E-state index contributed by atoms with van der Waals surface area (Å²) in [5.74, 6) is 0.0881. The molecule has 2 rings (SSSR count). The molecule has 1 aliphatic rings. The van der Waals surface area contributed by atoms with Gasteiger partial charge in [-0.25, -0.2) is 8.42 Å². The Balaban J connectivity index is 2.04. The summed E-state index contributed by atoms with van der Waals surface area (Å²) in [7, 11) is -3.15. The predicted octanol–water partition coefficient (Wildman–Crippen LogP) is 2.43. The maximum Gasteiger partial charge on any atom is 0.157 e. The minimum atomic E-state index is -3.15. The third-order valence-electron chi connectivity index (χ3n) is 2.80. The van der Waals surface area contributed by atoms with Crippen molar-refractivity contribution in [1.29, 1.82) is 0 Å². The van der Waals surface area contributed by atoms with E-state index in [1.165, 1.54) is 0 Å². The van der Waals surface area contributed by atoms with Gasteiger partial charge in [0.25, 0.3) is 0 Å². The van der Waals surface area contributed by atoms with E-state index >= 15 is 0 Å². The van der Waals surface area contributed by atoms with Gasteiger partial charge in [0.15, 0.2) is 9.84 Å². The van der Waals surface area contributed by atoms with Crippen LogP contribution in [0.25, 0.3) is 0 Å². The van der Waals surface area contributed by atoms with E-state index < -0.39 is 9.84 Å². The second-order valence-electron chi connectivity index (χ2n) is 4.28. The van der Waals surface area contributed by atoms with Gasteiger partial charge >= 0.3 is 0 Å². The lowest BCUT2D eigenvalue weighted by atomic mass is 10.2. The van der Waals surface area contributed by atoms with Crippen molar-refractivity contribution in [2.75, 3.05) is 12.4 Å². The number of benzene rings is 1. The number of hydrogen-bond acceptors (Lipinski definition) is 3. The molecule has 1 atom stereocenters. The van der Waals surface area contributed by atoms with Crippen molar-refractivity contribution in [1.82, 2.24) is 0 Å². The first kappa shape index (κ1) is 12.9. The third kappa shape index (κ3) is 3.69. The topological polar surface area (TPSA) is 43.4 Å². The summed E-state index contributed by atoms with van der Waals surface area (Å²) in [4.78, 5) is 0. The van der Waals surface area contributed by atoms with Gasteiger partial charge in [0, 0.05) is 11.6 Å². The summed E-state index contributed by atoms with van der Waals surface area (Å²) in [5, 5.41) is 0.503. The van der Waals surface area contributed by atoms with Crippen molar-refractivity contribution in [3.8, 4) is 0 Å². The van der Waals surface area contributed by atoms with Crippen LogP contribution in [0.1, 0.15) is 18.4 Å². The first-order valence-electron chi connectivity index (χ1n) is 5.62. The summed E-state index contributed by atoms with van der Waals surface area (Å²) in [6.07, 6.45) is 1.65. The predicted molar refractivity (Wildman–Crippen MR) is 67.9 cm³/mol. The number of rotatable bonds is 4. The molecule has 0 aliphatic carbocycles. The molecule has 0 N–H and O–H groups in total. The Morgan fingerprint density at radius 1 is 1.35 bits per heavy atom. The lowest BCUT2D eigenvalue weighted by Gasteiger charge is -2.10. The van der Waals surface area contributed by atoms with Crippen LogP contribution in [0.5, 0.6) is 0 Å². The van der Waals surface area contributed by atoms with Crippen molar-refractivity contribution in [3.05, 3.63) is 34.9 Å². The molecular weight excluding hydrogens is 260 g/mol. The normalized spacial score (nSPS) is 20.6. The Morgan fingerprint density at radius 2 is 2.12 bits per heavy atom. The first-order chi connectivity index (χ1) is 8.07. The maximum absolute atomic E-state index is 12.0. The molecule has 94 valence electrons. The Labute approximate surface area is 107 Å². The molecule has 1 aromatic rings. The highest BCUT2D eigenvalue weighted by atomic mass is 35.5. The van der Waals surface area contributed by atoms with E-state index in [4.69, 9.17) is 16.3 Å². The van der Waals surface area contributed by atoms with Gasteiger partial charge in [-0.05, 0) is 24.5 Å². The van der Waals surface area contributed by atoms with Crippen molar-refractivity contribution < 1.29 is 13.2 Å². The molecule has 1 aliphatic heterocycles. The molecule has 1 unspecified atom stereocenters. The van der Waals surface area contributed by atoms with E-state index in [1.807, 2.05) is 0 Å². The van der Waals surface area contributed by atoms with Gasteiger partial charge in [-0.3, -0.25) is 0 Å². The van der Waals surface area contributed by atoms with Crippen LogP contribution in [-0.4, -0.2) is 26.9 Å². The average Bonchev–Trinajstić information content (AvgIpc) is 2.73. The zero-order chi connectivity index (χ0) is 12.3. The van der Waals surface area contributed by atoms with Crippen molar-refractivity contribution in [2.24, 2.45) is 0 Å². The van der Waals surface area contributed by atoms with Gasteiger partial charge in [-0.2, -0.15) is 0 Å². The molecule has 0 radical (unpaired) electrons. The quantitative estimate of drug-likeness (QED) is 0.847. The average molecular weight is 275 g/mol. The number of ether oxygens (including phenoxy) is 1. The zero-order valence-corrected chi connectivity index (χ0v) is 11.0. The van der Waals surface area contributed by atoms with E-state index in [0.29, 0.717) is 17.2 Å². The molecule has 0 saturated carbocycles. The third-order valence-corrected chi connectivity index (χ3v) is 4.80. The smallest absolute Gasteiger partial charge is 0.157 e. The summed E-state index contributed by atoms with van der Waals surface area (Å²) >= 11 is 5.95. The molecule has 1 heterocycles. The second kappa shape index (κ2) is 5.38. The highest BCUT2D eigenvalue weighted by Crippen LogP contribution is 2.20. The Hall–Kier alpha value is -0.580. The van der Waals surface area contributed by atoms with Crippen LogP contribution in [0, 0.1) is 0 Å². The van der Waals surface area contributed by atoms with Crippen LogP contribution in [0.3, 0.4) is 0 Å². The van der Waals surface area contributed by atoms with Crippen molar-refractivity contribution >= 4 is 21.4 Å². The molecule has 0 aromatic heterocycles. The van der Waals surface area contributed by atoms with Crippen molar-refractivity contribution in [2.45, 2.75) is 24.7 Å². The first-order valence-corrected chi connectivity index (χ1v) is 7.82. The number of hydrogen-bond donors (Lipinski definition) is 0. The van der Waals surface area contributed by atoms with E-state index in [2.05, 4.69) is 0 Å². The van der Waals surface area contributed by atoms with Crippen LogP contribution in [0.2, 0.25) is 5.02 Å². The fraction of sp³-hybridized carbons (Fsp3) is 0.500. The number of halogens is 1. The monoisotopic (exact) mass is 274 g/mol. The Morgan fingerprint density at radius 3 is 2.76 bits per heavy atom. The summed E-state index contributed by atoms with van der Waals surface area (Å²) in [5.41, 5.74) is 0.659. The van der Waals surface area contributed by atoms with Gasteiger partial charge in [-0.1, -0.05) is 29.8 Å². The molecule has 0 amide bonds. The van der Waals surface area contributed by atoms with Gasteiger partial charge in [-0.15, -0.1) is 0 Å².